The number of carbonyl (C=O) groups is 3. The lowest BCUT2D eigenvalue weighted by atomic mass is 9.96. The van der Waals surface area contributed by atoms with Crippen molar-refractivity contribution in [1.29, 1.82) is 0 Å². The molecule has 26 heavy (non-hydrogen) atoms. The standard InChI is InChI=1S/C19H26N2O5/c1-20-17(23)14-21(18(24)11-12-22)19(25)16-9-7-15(8-10-16)6-4-3-5-13-26-2/h7,9-10,15,22H,3,5,8,11-14H2,1-2H3,(H,20,23). The van der Waals surface area contributed by atoms with Crippen LogP contribution in [0.25, 0.3) is 0 Å². The molecule has 0 radical (unpaired) electrons. The van der Waals surface area contributed by atoms with E-state index in [1.807, 2.05) is 6.08 Å². The quantitative estimate of drug-likeness (QED) is 0.481. The minimum absolute atomic E-state index is 0.0228. The molecule has 7 heteroatoms. The Morgan fingerprint density at radius 1 is 1.42 bits per heavy atom. The van der Waals surface area contributed by atoms with Gasteiger partial charge in [0.2, 0.25) is 11.8 Å². The number of amides is 3. The minimum Gasteiger partial charge on any atom is -0.396 e. The maximum atomic E-state index is 12.6. The first-order chi connectivity index (χ1) is 12.5. The van der Waals surface area contributed by atoms with Crippen molar-refractivity contribution in [3.8, 4) is 11.8 Å². The Morgan fingerprint density at radius 2 is 2.19 bits per heavy atom. The number of imide groups is 1. The van der Waals surface area contributed by atoms with Gasteiger partial charge in [0.05, 0.1) is 13.0 Å². The molecule has 1 aliphatic carbocycles. The third-order valence-corrected chi connectivity index (χ3v) is 3.74. The monoisotopic (exact) mass is 362 g/mol. The minimum atomic E-state index is -0.588. The van der Waals surface area contributed by atoms with Gasteiger partial charge in [-0.15, -0.1) is 5.92 Å². The van der Waals surface area contributed by atoms with Gasteiger partial charge >= 0.3 is 0 Å². The van der Waals surface area contributed by atoms with Crippen LogP contribution in [0.4, 0.5) is 0 Å². The van der Waals surface area contributed by atoms with Crippen molar-refractivity contribution in [3.05, 3.63) is 23.8 Å². The molecule has 0 heterocycles. The largest absolute Gasteiger partial charge is 0.396 e. The topological polar surface area (TPSA) is 95.9 Å². The van der Waals surface area contributed by atoms with Gasteiger partial charge < -0.3 is 15.2 Å². The summed E-state index contributed by atoms with van der Waals surface area (Å²) >= 11 is 0. The average Bonchev–Trinajstić information content (AvgIpc) is 2.65. The highest BCUT2D eigenvalue weighted by molar-refractivity contribution is 6.08. The molecule has 0 aromatic heterocycles. The smallest absolute Gasteiger partial charge is 0.260 e. The van der Waals surface area contributed by atoms with Crippen LogP contribution >= 0.6 is 0 Å². The van der Waals surface area contributed by atoms with Crippen LogP contribution in [-0.2, 0) is 19.1 Å². The molecule has 0 saturated heterocycles. The number of nitrogens with zero attached hydrogens (tertiary/aromatic N) is 1. The average molecular weight is 362 g/mol. The Balaban J connectivity index is 2.71. The Kier molecular flexibility index (Phi) is 9.98. The fraction of sp³-hybridized carbons (Fsp3) is 0.526. The van der Waals surface area contributed by atoms with Gasteiger partial charge in [0, 0.05) is 38.7 Å². The number of aliphatic hydroxyl groups excluding tert-OH is 1. The second-order valence-electron chi connectivity index (χ2n) is 5.71. The summed E-state index contributed by atoms with van der Waals surface area (Å²) in [6.07, 6.45) is 7.16. The number of ether oxygens (including phenoxy) is 1. The van der Waals surface area contributed by atoms with Gasteiger partial charge in [0.1, 0.15) is 6.54 Å². The van der Waals surface area contributed by atoms with Crippen LogP contribution in [0.2, 0.25) is 0 Å². The Hall–Kier alpha value is -2.43. The molecule has 7 nitrogen and oxygen atoms in total. The Morgan fingerprint density at radius 3 is 2.77 bits per heavy atom. The van der Waals surface area contributed by atoms with E-state index in [1.165, 1.54) is 7.05 Å². The predicted molar refractivity (Wildman–Crippen MR) is 96.7 cm³/mol. The van der Waals surface area contributed by atoms with E-state index in [0.29, 0.717) is 18.6 Å². The van der Waals surface area contributed by atoms with Crippen LogP contribution in [0.1, 0.15) is 25.7 Å². The number of rotatable bonds is 8. The third-order valence-electron chi connectivity index (χ3n) is 3.74. The Labute approximate surface area is 154 Å². The molecule has 0 spiro atoms. The van der Waals surface area contributed by atoms with E-state index in [4.69, 9.17) is 9.84 Å². The van der Waals surface area contributed by atoms with Gasteiger partial charge in [0.25, 0.3) is 5.91 Å². The SMILES string of the molecule is CNC(=O)CN(C(=O)CCO)C(=O)C1=CCC(C#CCCCOC)C=C1. The molecule has 1 rings (SSSR count). The fourth-order valence-corrected chi connectivity index (χ4v) is 2.28. The maximum Gasteiger partial charge on any atom is 0.260 e. The highest BCUT2D eigenvalue weighted by atomic mass is 16.5. The molecule has 3 amide bonds. The van der Waals surface area contributed by atoms with E-state index < -0.39 is 17.7 Å². The Bertz CT molecular complexity index is 628. The lowest BCUT2D eigenvalue weighted by Gasteiger charge is -2.21. The number of allylic oxidation sites excluding steroid dienone is 2. The van der Waals surface area contributed by atoms with Crippen molar-refractivity contribution >= 4 is 17.7 Å². The normalized spacial score (nSPS) is 15.5. The molecule has 0 fully saturated rings. The van der Waals surface area contributed by atoms with E-state index in [2.05, 4.69) is 17.2 Å². The first kappa shape index (κ1) is 21.6. The molecule has 0 aromatic rings. The van der Waals surface area contributed by atoms with Crippen LogP contribution in [-0.4, -0.2) is 61.6 Å². The van der Waals surface area contributed by atoms with Gasteiger partial charge in [-0.2, -0.15) is 0 Å². The molecule has 0 saturated carbocycles. The molecule has 0 bridgehead atoms. The number of hydrogen-bond acceptors (Lipinski definition) is 5. The third kappa shape index (κ3) is 7.21. The van der Waals surface area contributed by atoms with Crippen molar-refractivity contribution in [2.24, 2.45) is 5.92 Å². The summed E-state index contributed by atoms with van der Waals surface area (Å²) in [5.74, 6) is 4.65. The van der Waals surface area contributed by atoms with Crippen LogP contribution < -0.4 is 5.32 Å². The first-order valence-electron chi connectivity index (χ1n) is 8.55. The summed E-state index contributed by atoms with van der Waals surface area (Å²) in [5.41, 5.74) is 0.345. The fourth-order valence-electron chi connectivity index (χ4n) is 2.28. The summed E-state index contributed by atoms with van der Waals surface area (Å²) in [5, 5.41) is 11.3. The van der Waals surface area contributed by atoms with E-state index in [9.17, 15) is 14.4 Å². The maximum absolute atomic E-state index is 12.6. The number of hydrogen-bond donors (Lipinski definition) is 2. The number of likely N-dealkylation sites (N-methyl/N-ethyl adjacent to an activating group) is 1. The zero-order chi connectivity index (χ0) is 19.4. The molecule has 1 atom stereocenters. The van der Waals surface area contributed by atoms with Crippen molar-refractivity contribution in [1.82, 2.24) is 10.2 Å². The van der Waals surface area contributed by atoms with Crippen molar-refractivity contribution in [3.63, 3.8) is 0 Å². The highest BCUT2D eigenvalue weighted by Crippen LogP contribution is 2.18. The predicted octanol–water partition coefficient (Wildman–Crippen LogP) is 0.403. The summed E-state index contributed by atoms with van der Waals surface area (Å²) in [6, 6.07) is 0. The number of aliphatic hydroxyl groups is 1. The highest BCUT2D eigenvalue weighted by Gasteiger charge is 2.26. The van der Waals surface area contributed by atoms with Crippen molar-refractivity contribution in [2.45, 2.75) is 25.7 Å². The first-order valence-corrected chi connectivity index (χ1v) is 8.55. The summed E-state index contributed by atoms with van der Waals surface area (Å²) in [6.45, 7) is -0.0785. The number of methoxy groups -OCH3 is 1. The number of nitrogens with one attached hydrogen (secondary N) is 1. The molecule has 142 valence electrons. The lowest BCUT2D eigenvalue weighted by Crippen LogP contribution is -2.44. The zero-order valence-electron chi connectivity index (χ0n) is 15.3. The molecule has 0 aliphatic heterocycles. The van der Waals surface area contributed by atoms with Crippen LogP contribution in [0.5, 0.6) is 0 Å². The summed E-state index contributed by atoms with van der Waals surface area (Å²) in [4.78, 5) is 37.1. The van der Waals surface area contributed by atoms with Gasteiger partial charge in [0.15, 0.2) is 0 Å². The van der Waals surface area contributed by atoms with Crippen LogP contribution in [0.15, 0.2) is 23.8 Å². The van der Waals surface area contributed by atoms with E-state index >= 15 is 0 Å². The molecule has 2 N–H and O–H groups in total. The summed E-state index contributed by atoms with van der Waals surface area (Å²) in [7, 11) is 3.08. The van der Waals surface area contributed by atoms with Gasteiger partial charge in [-0.3, -0.25) is 19.3 Å². The lowest BCUT2D eigenvalue weighted by molar-refractivity contribution is -0.146. The van der Waals surface area contributed by atoms with Crippen LogP contribution in [0.3, 0.4) is 0 Å². The van der Waals surface area contributed by atoms with Crippen molar-refractivity contribution in [2.75, 3.05) is 33.9 Å². The molecular weight excluding hydrogens is 336 g/mol. The van der Waals surface area contributed by atoms with Gasteiger partial charge in [-0.25, -0.2) is 0 Å². The molecule has 1 unspecified atom stereocenters. The summed E-state index contributed by atoms with van der Waals surface area (Å²) < 4.78 is 4.96. The molecular formula is C19H26N2O5. The van der Waals surface area contributed by atoms with E-state index in [1.54, 1.807) is 19.3 Å². The molecule has 1 aliphatic rings. The van der Waals surface area contributed by atoms with Gasteiger partial charge in [-0.05, 0) is 12.8 Å². The second-order valence-corrected chi connectivity index (χ2v) is 5.71. The van der Waals surface area contributed by atoms with E-state index in [-0.39, 0.29) is 25.5 Å². The molecule has 0 aromatic carbocycles. The van der Waals surface area contributed by atoms with Gasteiger partial charge in [-0.1, -0.05) is 24.1 Å². The van der Waals surface area contributed by atoms with Crippen LogP contribution in [0, 0.1) is 17.8 Å². The second kappa shape index (κ2) is 12.0. The number of unbranched alkanes of at least 4 members (excludes halogenated alkanes) is 1. The van der Waals surface area contributed by atoms with E-state index in [0.717, 1.165) is 17.7 Å². The number of carbonyl (C=O) groups excluding carboxylic acids is 3. The zero-order valence-corrected chi connectivity index (χ0v) is 15.3. The van der Waals surface area contributed by atoms with Crippen molar-refractivity contribution < 1.29 is 24.2 Å².